The van der Waals surface area contributed by atoms with Crippen molar-refractivity contribution in [2.45, 2.75) is 40.5 Å². The van der Waals surface area contributed by atoms with Gasteiger partial charge in [0.25, 0.3) is 0 Å². The number of aromatic nitrogens is 2. The van der Waals surface area contributed by atoms with Crippen LogP contribution >= 0.6 is 0 Å². The molecule has 1 aliphatic rings. The second-order valence-electron chi connectivity index (χ2n) is 7.51. The van der Waals surface area contributed by atoms with Crippen LogP contribution in [0.2, 0.25) is 0 Å². The zero-order valence-electron chi connectivity index (χ0n) is 14.8. The van der Waals surface area contributed by atoms with E-state index in [2.05, 4.69) is 57.0 Å². The number of benzene rings is 1. The maximum absolute atomic E-state index is 6.00. The summed E-state index contributed by atoms with van der Waals surface area (Å²) in [4.78, 5) is 8.35. The molecule has 0 aliphatic heterocycles. The first-order valence-electron chi connectivity index (χ1n) is 8.82. The summed E-state index contributed by atoms with van der Waals surface area (Å²) in [6.07, 6.45) is 4.64. The molecule has 0 unspecified atom stereocenters. The molecule has 0 saturated carbocycles. The standard InChI is InChI=1S/C20H29N3/c1-12(2)17-9-15(14(4)8-16(17)11-21)10-19-22-18-7-5-6-13(3)20(18)23-19/h5-8,12,15-17H,9-11,21H2,1-4H3,(H,22,23)/t15-,16-,17-/m0/s1. The Labute approximate surface area is 139 Å². The number of nitrogens with one attached hydrogen (secondary N) is 1. The lowest BCUT2D eigenvalue weighted by molar-refractivity contribution is 0.230. The number of nitrogens with zero attached hydrogens (tertiary/aromatic N) is 1. The summed E-state index contributed by atoms with van der Waals surface area (Å²) in [5, 5.41) is 0. The second kappa shape index (κ2) is 6.48. The molecule has 0 amide bonds. The lowest BCUT2D eigenvalue weighted by Crippen LogP contribution is -2.32. The number of imidazole rings is 1. The van der Waals surface area contributed by atoms with E-state index in [0.29, 0.717) is 23.7 Å². The summed E-state index contributed by atoms with van der Waals surface area (Å²) < 4.78 is 0. The largest absolute Gasteiger partial charge is 0.342 e. The van der Waals surface area contributed by atoms with Gasteiger partial charge in [0.2, 0.25) is 0 Å². The zero-order chi connectivity index (χ0) is 16.6. The van der Waals surface area contributed by atoms with Crippen LogP contribution in [0.25, 0.3) is 11.0 Å². The Morgan fingerprint density at radius 2 is 2.09 bits per heavy atom. The highest BCUT2D eigenvalue weighted by Crippen LogP contribution is 2.38. The molecule has 1 aliphatic carbocycles. The highest BCUT2D eigenvalue weighted by molar-refractivity contribution is 5.78. The van der Waals surface area contributed by atoms with Crippen molar-refractivity contribution in [3.05, 3.63) is 41.2 Å². The third-order valence-corrected chi connectivity index (χ3v) is 5.56. The minimum absolute atomic E-state index is 0.532. The summed E-state index contributed by atoms with van der Waals surface area (Å²) in [6.45, 7) is 9.79. The molecular weight excluding hydrogens is 282 g/mol. The molecule has 0 radical (unpaired) electrons. The fourth-order valence-electron chi connectivity index (χ4n) is 4.10. The first-order valence-corrected chi connectivity index (χ1v) is 8.82. The van der Waals surface area contributed by atoms with E-state index >= 15 is 0 Å². The molecule has 0 fully saturated rings. The van der Waals surface area contributed by atoms with Gasteiger partial charge in [-0.25, -0.2) is 4.98 Å². The van der Waals surface area contributed by atoms with Gasteiger partial charge in [-0.3, -0.25) is 0 Å². The number of fused-ring (bicyclic) bond motifs is 1. The summed E-state index contributed by atoms with van der Waals surface area (Å²) in [7, 11) is 0. The van der Waals surface area contributed by atoms with E-state index in [1.807, 2.05) is 0 Å². The van der Waals surface area contributed by atoms with Gasteiger partial charge < -0.3 is 10.7 Å². The van der Waals surface area contributed by atoms with Crippen LogP contribution in [-0.2, 0) is 6.42 Å². The van der Waals surface area contributed by atoms with Gasteiger partial charge in [-0.2, -0.15) is 0 Å². The number of H-pyrrole nitrogens is 1. The number of aryl methyl sites for hydroxylation is 1. The van der Waals surface area contributed by atoms with E-state index in [1.165, 1.54) is 17.6 Å². The van der Waals surface area contributed by atoms with Gasteiger partial charge in [0.1, 0.15) is 5.82 Å². The summed E-state index contributed by atoms with van der Waals surface area (Å²) in [5.74, 6) is 3.57. The third-order valence-electron chi connectivity index (χ3n) is 5.56. The predicted octanol–water partition coefficient (Wildman–Crippen LogP) is 4.23. The molecule has 0 bridgehead atoms. The average Bonchev–Trinajstić information content (AvgIpc) is 2.92. The van der Waals surface area contributed by atoms with Gasteiger partial charge in [-0.15, -0.1) is 0 Å². The van der Waals surface area contributed by atoms with Crippen molar-refractivity contribution < 1.29 is 0 Å². The van der Waals surface area contributed by atoms with Crippen molar-refractivity contribution in [2.75, 3.05) is 6.54 Å². The molecule has 3 rings (SSSR count). The number of hydrogen-bond donors (Lipinski definition) is 2. The molecule has 124 valence electrons. The molecule has 3 N–H and O–H groups in total. The van der Waals surface area contributed by atoms with Gasteiger partial charge in [0.05, 0.1) is 11.0 Å². The lowest BCUT2D eigenvalue weighted by Gasteiger charge is -2.36. The fourth-order valence-corrected chi connectivity index (χ4v) is 4.10. The van der Waals surface area contributed by atoms with Crippen LogP contribution in [0.5, 0.6) is 0 Å². The molecule has 2 aromatic rings. The molecule has 3 nitrogen and oxygen atoms in total. The van der Waals surface area contributed by atoms with Crippen molar-refractivity contribution >= 4 is 11.0 Å². The average molecular weight is 311 g/mol. The van der Waals surface area contributed by atoms with Crippen molar-refractivity contribution in [1.29, 1.82) is 0 Å². The van der Waals surface area contributed by atoms with E-state index < -0.39 is 0 Å². The molecule has 23 heavy (non-hydrogen) atoms. The first kappa shape index (κ1) is 16.3. The molecule has 3 atom stereocenters. The Morgan fingerprint density at radius 3 is 2.74 bits per heavy atom. The van der Waals surface area contributed by atoms with Gasteiger partial charge in [-0.1, -0.05) is 37.6 Å². The van der Waals surface area contributed by atoms with Gasteiger partial charge >= 0.3 is 0 Å². The second-order valence-corrected chi connectivity index (χ2v) is 7.51. The van der Waals surface area contributed by atoms with Crippen molar-refractivity contribution in [2.24, 2.45) is 29.4 Å². The number of hydrogen-bond acceptors (Lipinski definition) is 2. The van der Waals surface area contributed by atoms with Crippen LogP contribution in [0, 0.1) is 30.6 Å². The Balaban J connectivity index is 1.84. The van der Waals surface area contributed by atoms with Crippen molar-refractivity contribution in [3.8, 4) is 0 Å². The topological polar surface area (TPSA) is 54.7 Å². The van der Waals surface area contributed by atoms with Crippen LogP contribution in [0.1, 0.15) is 38.6 Å². The van der Waals surface area contributed by atoms with E-state index in [-0.39, 0.29) is 0 Å². The van der Waals surface area contributed by atoms with E-state index in [9.17, 15) is 0 Å². The Bertz CT molecular complexity index is 711. The maximum atomic E-state index is 6.00. The van der Waals surface area contributed by atoms with Crippen LogP contribution < -0.4 is 5.73 Å². The van der Waals surface area contributed by atoms with Gasteiger partial charge in [-0.05, 0) is 62.1 Å². The van der Waals surface area contributed by atoms with Crippen LogP contribution in [0.4, 0.5) is 0 Å². The summed E-state index contributed by atoms with van der Waals surface area (Å²) in [5.41, 5.74) is 11.0. The minimum atomic E-state index is 0.532. The SMILES string of the molecule is CC1=C[C@@H](CN)[C@H](C(C)C)C[C@H]1Cc1nc2c(C)cccc2[nH]1. The summed E-state index contributed by atoms with van der Waals surface area (Å²) >= 11 is 0. The Kier molecular flexibility index (Phi) is 4.58. The van der Waals surface area contributed by atoms with Gasteiger partial charge in [0, 0.05) is 6.42 Å². The van der Waals surface area contributed by atoms with Crippen molar-refractivity contribution in [1.82, 2.24) is 9.97 Å². The van der Waals surface area contributed by atoms with Crippen LogP contribution in [0.3, 0.4) is 0 Å². The minimum Gasteiger partial charge on any atom is -0.342 e. The van der Waals surface area contributed by atoms with Crippen LogP contribution in [-0.4, -0.2) is 16.5 Å². The molecule has 1 heterocycles. The van der Waals surface area contributed by atoms with E-state index in [0.717, 1.165) is 29.8 Å². The summed E-state index contributed by atoms with van der Waals surface area (Å²) in [6, 6.07) is 6.33. The molecule has 0 saturated heterocycles. The molecule has 0 spiro atoms. The zero-order valence-corrected chi connectivity index (χ0v) is 14.8. The molecule has 1 aromatic carbocycles. The quantitative estimate of drug-likeness (QED) is 0.830. The Hall–Kier alpha value is -1.61. The Morgan fingerprint density at radius 1 is 1.30 bits per heavy atom. The monoisotopic (exact) mass is 311 g/mol. The number of allylic oxidation sites excluding steroid dienone is 1. The number of nitrogens with two attached hydrogens (primary N) is 1. The van der Waals surface area contributed by atoms with Crippen LogP contribution in [0.15, 0.2) is 29.8 Å². The lowest BCUT2D eigenvalue weighted by atomic mass is 9.70. The van der Waals surface area contributed by atoms with Crippen molar-refractivity contribution in [3.63, 3.8) is 0 Å². The third kappa shape index (κ3) is 3.20. The number of rotatable bonds is 4. The normalized spacial score (nSPS) is 25.1. The van der Waals surface area contributed by atoms with Gasteiger partial charge in [0.15, 0.2) is 0 Å². The highest BCUT2D eigenvalue weighted by atomic mass is 14.9. The van der Waals surface area contributed by atoms with E-state index in [1.54, 1.807) is 0 Å². The highest BCUT2D eigenvalue weighted by Gasteiger charge is 2.31. The smallest absolute Gasteiger partial charge is 0.107 e. The fraction of sp³-hybridized carbons (Fsp3) is 0.550. The maximum Gasteiger partial charge on any atom is 0.107 e. The molecular formula is C20H29N3. The predicted molar refractivity (Wildman–Crippen MR) is 97.3 cm³/mol. The number of aromatic amines is 1. The molecule has 3 heteroatoms. The number of para-hydroxylation sites is 1. The van der Waals surface area contributed by atoms with E-state index in [4.69, 9.17) is 10.7 Å². The molecule has 1 aromatic heterocycles. The first-order chi connectivity index (χ1) is 11.0.